The van der Waals surface area contributed by atoms with E-state index in [1.165, 1.54) is 0 Å². The molecule has 1 heterocycles. The number of rotatable bonds is 3. The predicted molar refractivity (Wildman–Crippen MR) is 91.1 cm³/mol. The summed E-state index contributed by atoms with van der Waals surface area (Å²) < 4.78 is 2.02. The van der Waals surface area contributed by atoms with Gasteiger partial charge >= 0.3 is 0 Å². The monoisotopic (exact) mass is 303 g/mol. The molecular formula is C19H17N3O. The molecular weight excluding hydrogens is 286 g/mol. The highest BCUT2D eigenvalue weighted by atomic mass is 16.1. The molecule has 4 nitrogen and oxygen atoms in total. The van der Waals surface area contributed by atoms with E-state index in [9.17, 15) is 10.1 Å². The van der Waals surface area contributed by atoms with Gasteiger partial charge in [-0.3, -0.25) is 4.79 Å². The van der Waals surface area contributed by atoms with Crippen molar-refractivity contribution in [1.82, 2.24) is 9.88 Å². The fraction of sp³-hybridized carbons (Fsp3) is 0.158. The Hall–Kier alpha value is -3.06. The molecule has 0 spiro atoms. The van der Waals surface area contributed by atoms with Crippen LogP contribution in [0, 0.1) is 11.3 Å². The minimum absolute atomic E-state index is 0.0865. The van der Waals surface area contributed by atoms with Crippen molar-refractivity contribution in [3.8, 4) is 17.3 Å². The van der Waals surface area contributed by atoms with Crippen molar-refractivity contribution in [3.05, 3.63) is 59.7 Å². The summed E-state index contributed by atoms with van der Waals surface area (Å²) in [6, 6.07) is 17.5. The van der Waals surface area contributed by atoms with E-state index in [1.54, 1.807) is 12.1 Å². The predicted octanol–water partition coefficient (Wildman–Crippen LogP) is 3.47. The molecule has 0 saturated carbocycles. The first-order chi connectivity index (χ1) is 11.2. The van der Waals surface area contributed by atoms with E-state index in [4.69, 9.17) is 0 Å². The van der Waals surface area contributed by atoms with Crippen LogP contribution in [0.3, 0.4) is 0 Å². The number of hydrogen-bond acceptors (Lipinski definition) is 2. The molecule has 0 bridgehead atoms. The van der Waals surface area contributed by atoms with E-state index in [-0.39, 0.29) is 5.91 Å². The zero-order valence-electron chi connectivity index (χ0n) is 13.1. The molecule has 3 aromatic rings. The number of carbonyl (C=O) groups is 1. The number of aromatic nitrogens is 1. The molecule has 0 aliphatic heterocycles. The number of carbonyl (C=O) groups excluding carboxylic acids is 1. The molecule has 1 aromatic heterocycles. The van der Waals surface area contributed by atoms with Gasteiger partial charge in [0.15, 0.2) is 0 Å². The number of nitriles is 1. The Kier molecular flexibility index (Phi) is 3.86. The maximum Gasteiger partial charge on any atom is 0.251 e. The van der Waals surface area contributed by atoms with Gasteiger partial charge in [-0.25, -0.2) is 0 Å². The van der Waals surface area contributed by atoms with Crippen LogP contribution in [-0.2, 0) is 7.05 Å². The van der Waals surface area contributed by atoms with Crippen molar-refractivity contribution in [2.75, 3.05) is 6.54 Å². The summed E-state index contributed by atoms with van der Waals surface area (Å²) in [5.41, 5.74) is 4.10. The highest BCUT2D eigenvalue weighted by molar-refractivity contribution is 5.96. The summed E-state index contributed by atoms with van der Waals surface area (Å²) in [5, 5.41) is 13.3. The minimum Gasteiger partial charge on any atom is -0.352 e. The first-order valence-corrected chi connectivity index (χ1v) is 7.53. The normalized spacial score (nSPS) is 10.5. The number of amides is 1. The Labute approximate surface area is 135 Å². The molecule has 0 aliphatic carbocycles. The second-order valence-electron chi connectivity index (χ2n) is 5.35. The van der Waals surface area contributed by atoms with Crippen LogP contribution < -0.4 is 5.32 Å². The molecule has 1 amide bonds. The second kappa shape index (κ2) is 5.98. The van der Waals surface area contributed by atoms with E-state index in [1.807, 2.05) is 54.9 Å². The Morgan fingerprint density at radius 3 is 2.52 bits per heavy atom. The summed E-state index contributed by atoms with van der Waals surface area (Å²) in [6.07, 6.45) is 0. The Bertz CT molecular complexity index is 914. The van der Waals surface area contributed by atoms with Crippen LogP contribution in [0.25, 0.3) is 22.2 Å². The van der Waals surface area contributed by atoms with E-state index < -0.39 is 0 Å². The van der Waals surface area contributed by atoms with Crippen molar-refractivity contribution in [3.63, 3.8) is 0 Å². The van der Waals surface area contributed by atoms with Gasteiger partial charge in [-0.1, -0.05) is 30.3 Å². The molecule has 3 rings (SSSR count). The number of fused-ring (bicyclic) bond motifs is 1. The maximum atomic E-state index is 11.9. The third-order valence-corrected chi connectivity index (χ3v) is 3.98. The van der Waals surface area contributed by atoms with Gasteiger partial charge in [-0.15, -0.1) is 0 Å². The lowest BCUT2D eigenvalue weighted by Crippen LogP contribution is -2.22. The molecule has 0 radical (unpaired) electrons. The molecule has 0 atom stereocenters. The number of nitrogens with one attached hydrogen (secondary N) is 1. The van der Waals surface area contributed by atoms with E-state index >= 15 is 0 Å². The van der Waals surface area contributed by atoms with Crippen LogP contribution in [0.1, 0.15) is 22.8 Å². The van der Waals surface area contributed by atoms with Crippen LogP contribution >= 0.6 is 0 Å². The molecule has 0 fully saturated rings. The van der Waals surface area contributed by atoms with Gasteiger partial charge in [0.05, 0.1) is 11.3 Å². The van der Waals surface area contributed by atoms with Gasteiger partial charge < -0.3 is 9.88 Å². The van der Waals surface area contributed by atoms with Crippen molar-refractivity contribution >= 4 is 16.8 Å². The van der Waals surface area contributed by atoms with Gasteiger partial charge in [0, 0.05) is 30.1 Å². The van der Waals surface area contributed by atoms with Crippen molar-refractivity contribution < 1.29 is 4.79 Å². The zero-order chi connectivity index (χ0) is 16.4. The fourth-order valence-electron chi connectivity index (χ4n) is 2.89. The third-order valence-electron chi connectivity index (χ3n) is 3.98. The highest BCUT2D eigenvalue weighted by Crippen LogP contribution is 2.32. The number of nitrogens with zero attached hydrogens (tertiary/aromatic N) is 2. The maximum absolute atomic E-state index is 11.9. The van der Waals surface area contributed by atoms with Crippen molar-refractivity contribution in [1.29, 1.82) is 5.26 Å². The average molecular weight is 303 g/mol. The molecule has 4 heteroatoms. The second-order valence-corrected chi connectivity index (χ2v) is 5.35. The largest absolute Gasteiger partial charge is 0.352 e. The molecule has 114 valence electrons. The molecule has 23 heavy (non-hydrogen) atoms. The lowest BCUT2D eigenvalue weighted by molar-refractivity contribution is 0.0956. The van der Waals surface area contributed by atoms with Crippen LogP contribution in [-0.4, -0.2) is 17.0 Å². The first-order valence-electron chi connectivity index (χ1n) is 7.53. The van der Waals surface area contributed by atoms with Gasteiger partial charge in [-0.2, -0.15) is 5.26 Å². The van der Waals surface area contributed by atoms with Crippen LogP contribution in [0.4, 0.5) is 0 Å². The van der Waals surface area contributed by atoms with Gasteiger partial charge in [0.2, 0.25) is 0 Å². The Balaban J connectivity index is 2.12. The summed E-state index contributed by atoms with van der Waals surface area (Å²) >= 11 is 0. The summed E-state index contributed by atoms with van der Waals surface area (Å²) in [7, 11) is 1.95. The number of aryl methyl sites for hydroxylation is 1. The van der Waals surface area contributed by atoms with E-state index in [2.05, 4.69) is 11.4 Å². The summed E-state index contributed by atoms with van der Waals surface area (Å²) in [5.74, 6) is -0.0865. The van der Waals surface area contributed by atoms with Crippen LogP contribution in [0.5, 0.6) is 0 Å². The SMILES string of the molecule is CCNC(=O)c1ccc(-c2c(C#N)c3ccccc3n2C)cc1. The quantitative estimate of drug-likeness (QED) is 0.805. The topological polar surface area (TPSA) is 57.8 Å². The molecule has 1 N–H and O–H groups in total. The Morgan fingerprint density at radius 1 is 1.17 bits per heavy atom. The lowest BCUT2D eigenvalue weighted by Gasteiger charge is -2.07. The van der Waals surface area contributed by atoms with Crippen molar-refractivity contribution in [2.45, 2.75) is 6.92 Å². The number of hydrogen-bond donors (Lipinski definition) is 1. The lowest BCUT2D eigenvalue weighted by atomic mass is 10.0. The summed E-state index contributed by atoms with van der Waals surface area (Å²) in [6.45, 7) is 2.49. The van der Waals surface area contributed by atoms with E-state index in [0.717, 1.165) is 22.2 Å². The summed E-state index contributed by atoms with van der Waals surface area (Å²) in [4.78, 5) is 11.9. The zero-order valence-corrected chi connectivity index (χ0v) is 13.1. The molecule has 2 aromatic carbocycles. The van der Waals surface area contributed by atoms with Crippen LogP contribution in [0.2, 0.25) is 0 Å². The minimum atomic E-state index is -0.0865. The standard InChI is InChI=1S/C19H17N3O/c1-3-21-19(23)14-10-8-13(9-11-14)18-16(12-20)15-6-4-5-7-17(15)22(18)2/h4-11H,3H2,1-2H3,(H,21,23). The fourth-order valence-corrected chi connectivity index (χ4v) is 2.89. The third kappa shape index (κ3) is 2.47. The van der Waals surface area contributed by atoms with Crippen molar-refractivity contribution in [2.24, 2.45) is 7.05 Å². The molecule has 0 aliphatic rings. The first kappa shape index (κ1) is 14.9. The number of para-hydroxylation sites is 1. The van der Waals surface area contributed by atoms with Gasteiger partial charge in [0.25, 0.3) is 5.91 Å². The van der Waals surface area contributed by atoms with Crippen LogP contribution in [0.15, 0.2) is 48.5 Å². The van der Waals surface area contributed by atoms with E-state index in [0.29, 0.717) is 17.7 Å². The average Bonchev–Trinajstić information content (AvgIpc) is 2.88. The molecule has 0 unspecified atom stereocenters. The smallest absolute Gasteiger partial charge is 0.251 e. The number of benzene rings is 2. The molecule has 0 saturated heterocycles. The van der Waals surface area contributed by atoms with Gasteiger partial charge in [-0.05, 0) is 30.7 Å². The Morgan fingerprint density at radius 2 is 1.87 bits per heavy atom. The highest BCUT2D eigenvalue weighted by Gasteiger charge is 2.16. The van der Waals surface area contributed by atoms with Gasteiger partial charge in [0.1, 0.15) is 6.07 Å².